The minimum atomic E-state index is -1.34. The van der Waals surface area contributed by atoms with Crippen molar-refractivity contribution in [2.24, 2.45) is 0 Å². The first-order valence-electron chi connectivity index (χ1n) is 8.97. The lowest BCUT2D eigenvalue weighted by Crippen LogP contribution is -2.14. The van der Waals surface area contributed by atoms with Crippen LogP contribution < -0.4 is 0 Å². The van der Waals surface area contributed by atoms with Gasteiger partial charge < -0.3 is 58.3 Å². The zero-order valence-electron chi connectivity index (χ0n) is 17.1. The third-order valence-electron chi connectivity index (χ3n) is 3.51. The molecule has 0 saturated carbocycles. The molecule has 4 N–H and O–H groups in total. The first-order valence-corrected chi connectivity index (χ1v) is 8.97. The van der Waals surface area contributed by atoms with E-state index < -0.39 is 25.5 Å². The van der Waals surface area contributed by atoms with E-state index in [4.69, 9.17) is 38.6 Å². The smallest absolute Gasteiger partial charge is 0.336 e. The number of carboxylic acid groups (broad SMARTS) is 2. The number of benzene rings is 1. The highest BCUT2D eigenvalue weighted by molar-refractivity contribution is 5.95. The van der Waals surface area contributed by atoms with Crippen LogP contribution in [0.15, 0.2) is 12.1 Å². The summed E-state index contributed by atoms with van der Waals surface area (Å²) in [6, 6.07) is 2.30. The Hall–Kier alpha value is -2.24. The molecule has 1 aromatic carbocycles. The Morgan fingerprint density at radius 1 is 0.625 bits per heavy atom. The minimum absolute atomic E-state index is 0.171. The van der Waals surface area contributed by atoms with Crippen molar-refractivity contribution >= 4 is 11.9 Å². The molecule has 1 aromatic rings. The van der Waals surface area contributed by atoms with Gasteiger partial charge in [-0.3, -0.25) is 0 Å². The first-order chi connectivity index (χ1) is 15.5. The summed E-state index contributed by atoms with van der Waals surface area (Å²) in [5.74, 6) is -2.65. The lowest BCUT2D eigenvalue weighted by molar-refractivity contribution is -0.188. The SMILES string of the molecule is O=C(O)c1cc(COCOCOCOCO)c(COCOCOCOCO)c(C(=O)O)c1. The molecule has 0 heterocycles. The Balaban J connectivity index is 2.67. The van der Waals surface area contributed by atoms with Crippen molar-refractivity contribution in [1.82, 2.24) is 0 Å². The van der Waals surface area contributed by atoms with E-state index in [2.05, 4.69) is 9.47 Å². The van der Waals surface area contributed by atoms with E-state index in [0.717, 1.165) is 6.07 Å². The molecule has 0 saturated heterocycles. The fraction of sp³-hybridized carbons (Fsp3) is 0.556. The van der Waals surface area contributed by atoms with Crippen LogP contribution in [0.2, 0.25) is 0 Å². The molecule has 14 heteroatoms. The summed E-state index contributed by atoms with van der Waals surface area (Å²) in [6.07, 6.45) is 0. The van der Waals surface area contributed by atoms with Gasteiger partial charge >= 0.3 is 11.9 Å². The van der Waals surface area contributed by atoms with E-state index in [9.17, 15) is 19.8 Å². The molecule has 14 nitrogen and oxygen atoms in total. The number of carbonyl (C=O) groups is 2. The minimum Gasteiger partial charge on any atom is -0.478 e. The Morgan fingerprint density at radius 3 is 1.56 bits per heavy atom. The van der Waals surface area contributed by atoms with Gasteiger partial charge in [-0.25, -0.2) is 9.59 Å². The quantitative estimate of drug-likeness (QED) is 0.147. The van der Waals surface area contributed by atoms with Crippen LogP contribution >= 0.6 is 0 Å². The Kier molecular flexibility index (Phi) is 15.1. The lowest BCUT2D eigenvalue weighted by Gasteiger charge is -2.15. The van der Waals surface area contributed by atoms with Gasteiger partial charge in [0.25, 0.3) is 0 Å². The monoisotopic (exact) mass is 466 g/mol. The summed E-state index contributed by atoms with van der Waals surface area (Å²) < 4.78 is 39.4. The molecule has 0 atom stereocenters. The van der Waals surface area contributed by atoms with Gasteiger partial charge in [0.1, 0.15) is 27.2 Å². The van der Waals surface area contributed by atoms with Crippen LogP contribution in [0.1, 0.15) is 31.8 Å². The second-order valence-electron chi connectivity index (χ2n) is 5.66. The fourth-order valence-electron chi connectivity index (χ4n) is 2.21. The van der Waals surface area contributed by atoms with Crippen molar-refractivity contribution in [3.8, 4) is 0 Å². The number of aliphatic hydroxyl groups is 2. The molecule has 1 rings (SSSR count). The third kappa shape index (κ3) is 11.4. The highest BCUT2D eigenvalue weighted by Gasteiger charge is 2.19. The summed E-state index contributed by atoms with van der Waals surface area (Å²) in [4.78, 5) is 23.0. The van der Waals surface area contributed by atoms with Crippen LogP contribution in [0.5, 0.6) is 0 Å². The van der Waals surface area contributed by atoms with Crippen LogP contribution in [-0.4, -0.2) is 86.7 Å². The van der Waals surface area contributed by atoms with Gasteiger partial charge in [0, 0.05) is 0 Å². The zero-order chi connectivity index (χ0) is 23.6. The van der Waals surface area contributed by atoms with E-state index >= 15 is 0 Å². The van der Waals surface area contributed by atoms with E-state index in [1.807, 2.05) is 0 Å². The van der Waals surface area contributed by atoms with Crippen LogP contribution in [0.4, 0.5) is 0 Å². The number of hydrogen-bond acceptors (Lipinski definition) is 12. The van der Waals surface area contributed by atoms with Gasteiger partial charge in [-0.15, -0.1) is 0 Å². The van der Waals surface area contributed by atoms with Gasteiger partial charge in [-0.05, 0) is 23.3 Å². The van der Waals surface area contributed by atoms with Crippen LogP contribution in [-0.2, 0) is 51.1 Å². The molecule has 0 aromatic heterocycles. The Labute approximate surface area is 182 Å². The van der Waals surface area contributed by atoms with Gasteiger partial charge in [0.05, 0.1) is 24.3 Å². The van der Waals surface area contributed by atoms with E-state index in [1.165, 1.54) is 6.07 Å². The van der Waals surface area contributed by atoms with Crippen molar-refractivity contribution in [1.29, 1.82) is 0 Å². The number of aliphatic hydroxyl groups excluding tert-OH is 2. The molecular weight excluding hydrogens is 440 g/mol. The fourth-order valence-corrected chi connectivity index (χ4v) is 2.21. The summed E-state index contributed by atoms with van der Waals surface area (Å²) >= 11 is 0. The van der Waals surface area contributed by atoms with Crippen molar-refractivity contribution in [3.63, 3.8) is 0 Å². The highest BCUT2D eigenvalue weighted by Crippen LogP contribution is 2.21. The summed E-state index contributed by atoms with van der Waals surface area (Å²) in [6.45, 7) is -2.61. The van der Waals surface area contributed by atoms with E-state index in [-0.39, 0.29) is 76.2 Å². The average Bonchev–Trinajstić information content (AvgIpc) is 2.77. The maximum atomic E-state index is 11.6. The molecule has 0 aliphatic carbocycles. The Morgan fingerprint density at radius 2 is 1.09 bits per heavy atom. The molecule has 0 unspecified atom stereocenters. The van der Waals surface area contributed by atoms with E-state index in [1.54, 1.807) is 0 Å². The largest absolute Gasteiger partial charge is 0.478 e. The zero-order valence-corrected chi connectivity index (χ0v) is 17.1. The lowest BCUT2D eigenvalue weighted by atomic mass is 9.98. The molecule has 0 radical (unpaired) electrons. The molecule has 0 fully saturated rings. The molecular formula is C18H26O14. The molecule has 0 bridgehead atoms. The second kappa shape index (κ2) is 17.3. The molecule has 0 aliphatic rings. The van der Waals surface area contributed by atoms with Gasteiger partial charge in [0.15, 0.2) is 27.2 Å². The Bertz CT molecular complexity index is 680. The normalized spacial score (nSPS) is 11.1. The predicted octanol–water partition coefficient (Wildman–Crippen LogP) is -0.140. The number of ether oxygens (including phenoxy) is 8. The van der Waals surface area contributed by atoms with Crippen molar-refractivity contribution < 1.29 is 67.9 Å². The molecule has 182 valence electrons. The molecule has 0 aliphatic heterocycles. The molecule has 0 amide bonds. The first kappa shape index (κ1) is 27.8. The number of hydrogen-bond donors (Lipinski definition) is 4. The molecule has 0 spiro atoms. The van der Waals surface area contributed by atoms with Gasteiger partial charge in [0.2, 0.25) is 0 Å². The summed E-state index contributed by atoms with van der Waals surface area (Å²) in [7, 11) is 0. The topological polar surface area (TPSA) is 189 Å². The van der Waals surface area contributed by atoms with Crippen molar-refractivity contribution in [3.05, 3.63) is 34.4 Å². The maximum Gasteiger partial charge on any atom is 0.336 e. The number of aromatic carboxylic acids is 2. The molecule has 32 heavy (non-hydrogen) atoms. The third-order valence-corrected chi connectivity index (χ3v) is 3.51. The van der Waals surface area contributed by atoms with E-state index in [0.29, 0.717) is 0 Å². The van der Waals surface area contributed by atoms with Gasteiger partial charge in [-0.2, -0.15) is 0 Å². The van der Waals surface area contributed by atoms with Crippen LogP contribution in [0, 0.1) is 0 Å². The summed E-state index contributed by atoms with van der Waals surface area (Å²) in [5, 5.41) is 35.6. The predicted molar refractivity (Wildman–Crippen MR) is 99.8 cm³/mol. The van der Waals surface area contributed by atoms with Crippen LogP contribution in [0.3, 0.4) is 0 Å². The summed E-state index contributed by atoms with van der Waals surface area (Å²) in [5.41, 5.74) is -0.0311. The number of rotatable bonds is 20. The second-order valence-corrected chi connectivity index (χ2v) is 5.66. The maximum absolute atomic E-state index is 11.6. The highest BCUT2D eigenvalue weighted by atomic mass is 16.8. The number of carboxylic acids is 2. The standard InChI is InChI=1S/C18H26O14/c19-5-27-9-31-11-29-7-25-3-14-1-13(17(21)22)2-15(18(23)24)16(14)4-26-8-30-12-32-10-28-6-20/h1-2,19-20H,3-12H2,(H,21,22)(H,23,24). The van der Waals surface area contributed by atoms with Crippen molar-refractivity contribution in [2.45, 2.75) is 13.2 Å². The average molecular weight is 466 g/mol. The van der Waals surface area contributed by atoms with Gasteiger partial charge in [-0.1, -0.05) is 0 Å². The van der Waals surface area contributed by atoms with Crippen LogP contribution in [0.25, 0.3) is 0 Å². The van der Waals surface area contributed by atoms with Crippen molar-refractivity contribution in [2.75, 3.05) is 54.3 Å².